The number of piperidine rings is 1. The Hall–Kier alpha value is -1.56. The molecule has 0 bridgehead atoms. The van der Waals surface area contributed by atoms with Crippen molar-refractivity contribution in [3.8, 4) is 5.75 Å². The van der Waals surface area contributed by atoms with E-state index in [1.54, 1.807) is 6.07 Å². The molecule has 1 fully saturated rings. The smallest absolute Gasteiger partial charge is 0.326 e. The molecule has 0 spiro atoms. The van der Waals surface area contributed by atoms with E-state index in [1.165, 1.54) is 17.0 Å². The summed E-state index contributed by atoms with van der Waals surface area (Å²) in [6.07, 6.45) is 2.17. The van der Waals surface area contributed by atoms with Crippen molar-refractivity contribution in [2.45, 2.75) is 32.2 Å². The minimum absolute atomic E-state index is 0.130. The molecule has 2 unspecified atom stereocenters. The number of carboxylic acid groups (broad SMARTS) is 1. The first-order valence-electron chi connectivity index (χ1n) is 6.96. The van der Waals surface area contributed by atoms with Crippen molar-refractivity contribution in [3.63, 3.8) is 0 Å². The van der Waals surface area contributed by atoms with E-state index in [9.17, 15) is 19.8 Å². The van der Waals surface area contributed by atoms with Crippen molar-refractivity contribution < 1.29 is 19.8 Å². The Labute approximate surface area is 131 Å². The molecule has 1 amide bonds. The lowest BCUT2D eigenvalue weighted by molar-refractivity contribution is -0.144. The second-order valence-corrected chi connectivity index (χ2v) is 6.23. The van der Waals surface area contributed by atoms with Gasteiger partial charge in [-0.05, 0) is 37.0 Å². The van der Waals surface area contributed by atoms with Gasteiger partial charge in [0.2, 0.25) is 0 Å². The molecule has 1 saturated heterocycles. The van der Waals surface area contributed by atoms with Gasteiger partial charge in [-0.1, -0.05) is 29.3 Å². The van der Waals surface area contributed by atoms with Gasteiger partial charge in [0.05, 0.1) is 5.56 Å². The Balaban J connectivity index is 2.28. The highest BCUT2D eigenvalue weighted by atomic mass is 79.9. The van der Waals surface area contributed by atoms with Crippen LogP contribution in [0.15, 0.2) is 22.7 Å². The number of phenols is 1. The average molecular weight is 356 g/mol. The van der Waals surface area contributed by atoms with Crippen molar-refractivity contribution in [1.29, 1.82) is 0 Å². The van der Waals surface area contributed by atoms with Crippen LogP contribution in [0.2, 0.25) is 0 Å². The Morgan fingerprint density at radius 3 is 2.76 bits per heavy atom. The first kappa shape index (κ1) is 15.8. The third kappa shape index (κ3) is 3.37. The molecule has 2 N–H and O–H groups in total. The number of halogens is 1. The summed E-state index contributed by atoms with van der Waals surface area (Å²) in [5.41, 5.74) is 0.130. The summed E-state index contributed by atoms with van der Waals surface area (Å²) >= 11 is 3.26. The van der Waals surface area contributed by atoms with Crippen LogP contribution in [-0.2, 0) is 4.79 Å². The molecule has 1 aromatic carbocycles. The lowest BCUT2D eigenvalue weighted by atomic mass is 9.88. The zero-order chi connectivity index (χ0) is 15.6. The van der Waals surface area contributed by atoms with Gasteiger partial charge >= 0.3 is 5.97 Å². The van der Waals surface area contributed by atoms with Crippen LogP contribution in [0, 0.1) is 5.92 Å². The Morgan fingerprint density at radius 2 is 2.14 bits per heavy atom. The normalized spacial score (nSPS) is 22.1. The van der Waals surface area contributed by atoms with Gasteiger partial charge in [-0.3, -0.25) is 4.79 Å². The van der Waals surface area contributed by atoms with Gasteiger partial charge in [-0.2, -0.15) is 0 Å². The van der Waals surface area contributed by atoms with Gasteiger partial charge in [0, 0.05) is 11.0 Å². The van der Waals surface area contributed by atoms with Crippen molar-refractivity contribution in [1.82, 2.24) is 4.90 Å². The van der Waals surface area contributed by atoms with E-state index in [0.717, 1.165) is 12.8 Å². The van der Waals surface area contributed by atoms with Crippen molar-refractivity contribution in [3.05, 3.63) is 28.2 Å². The van der Waals surface area contributed by atoms with Crippen molar-refractivity contribution in [2.75, 3.05) is 6.54 Å². The lowest BCUT2D eigenvalue weighted by Crippen LogP contribution is -2.50. The van der Waals surface area contributed by atoms with E-state index in [-0.39, 0.29) is 11.3 Å². The molecule has 1 aromatic rings. The zero-order valence-electron chi connectivity index (χ0n) is 11.8. The SMILES string of the molecule is CCC1CCN(C(=O)c2cc(Br)ccc2O)C(C(=O)O)C1. The third-order valence-electron chi connectivity index (χ3n) is 4.02. The number of carboxylic acids is 1. The molecule has 2 atom stereocenters. The fourth-order valence-electron chi connectivity index (χ4n) is 2.72. The van der Waals surface area contributed by atoms with Gasteiger partial charge in [0.1, 0.15) is 11.8 Å². The van der Waals surface area contributed by atoms with Gasteiger partial charge in [0.25, 0.3) is 5.91 Å². The number of aromatic hydroxyl groups is 1. The fraction of sp³-hybridized carbons (Fsp3) is 0.467. The summed E-state index contributed by atoms with van der Waals surface area (Å²) < 4.78 is 0.666. The van der Waals surface area contributed by atoms with Gasteiger partial charge in [-0.15, -0.1) is 0 Å². The molecule has 5 nitrogen and oxygen atoms in total. The summed E-state index contributed by atoms with van der Waals surface area (Å²) in [7, 11) is 0. The number of phenolic OH excluding ortho intramolecular Hbond substituents is 1. The number of nitrogens with zero attached hydrogens (tertiary/aromatic N) is 1. The number of benzene rings is 1. The van der Waals surface area contributed by atoms with Crippen LogP contribution in [-0.4, -0.2) is 39.6 Å². The Bertz CT molecular complexity index is 561. The zero-order valence-corrected chi connectivity index (χ0v) is 13.3. The maximum Gasteiger partial charge on any atom is 0.326 e. The number of rotatable bonds is 3. The molecule has 0 aromatic heterocycles. The molecule has 0 saturated carbocycles. The molecule has 0 radical (unpaired) electrons. The van der Waals surface area contributed by atoms with Crippen molar-refractivity contribution in [2.24, 2.45) is 5.92 Å². The Kier molecular flexibility index (Phi) is 4.88. The van der Waals surface area contributed by atoms with Crippen LogP contribution in [0.5, 0.6) is 5.75 Å². The number of carbonyl (C=O) groups excluding carboxylic acids is 1. The number of hydrogen-bond acceptors (Lipinski definition) is 3. The molecule has 114 valence electrons. The predicted molar refractivity (Wildman–Crippen MR) is 81.3 cm³/mol. The van der Waals surface area contributed by atoms with Crippen LogP contribution >= 0.6 is 15.9 Å². The van der Waals surface area contributed by atoms with E-state index in [1.807, 2.05) is 6.92 Å². The highest BCUT2D eigenvalue weighted by Gasteiger charge is 2.36. The lowest BCUT2D eigenvalue weighted by Gasteiger charge is -2.37. The van der Waals surface area contributed by atoms with E-state index < -0.39 is 17.9 Å². The number of aliphatic carboxylic acids is 1. The molecule has 1 heterocycles. The quantitative estimate of drug-likeness (QED) is 0.873. The second-order valence-electron chi connectivity index (χ2n) is 5.31. The second kappa shape index (κ2) is 6.47. The molecular formula is C15H18BrNO4. The molecule has 6 heteroatoms. The molecule has 2 rings (SSSR count). The standard InChI is InChI=1S/C15H18BrNO4/c1-2-9-5-6-17(12(7-9)15(20)21)14(19)11-8-10(16)3-4-13(11)18/h3-4,8-9,12,18H,2,5-7H2,1H3,(H,20,21). The minimum atomic E-state index is -0.990. The monoisotopic (exact) mass is 355 g/mol. The average Bonchev–Trinajstić information content (AvgIpc) is 2.48. The van der Waals surface area contributed by atoms with Gasteiger partial charge in [-0.25, -0.2) is 4.79 Å². The van der Waals surface area contributed by atoms with Crippen molar-refractivity contribution >= 4 is 27.8 Å². The summed E-state index contributed by atoms with van der Waals surface area (Å²) in [4.78, 5) is 25.4. The summed E-state index contributed by atoms with van der Waals surface area (Å²) in [6, 6.07) is 3.74. The third-order valence-corrected chi connectivity index (χ3v) is 4.52. The molecule has 1 aliphatic rings. The highest BCUT2D eigenvalue weighted by Crippen LogP contribution is 2.29. The fourth-order valence-corrected chi connectivity index (χ4v) is 3.08. The van der Waals surface area contributed by atoms with E-state index in [4.69, 9.17) is 0 Å². The van der Waals surface area contributed by atoms with Crippen LogP contribution in [0.3, 0.4) is 0 Å². The molecule has 21 heavy (non-hydrogen) atoms. The number of hydrogen-bond donors (Lipinski definition) is 2. The molecule has 1 aliphatic heterocycles. The summed E-state index contributed by atoms with van der Waals surface area (Å²) in [6.45, 7) is 2.43. The minimum Gasteiger partial charge on any atom is -0.507 e. The van der Waals surface area contributed by atoms with Gasteiger partial charge in [0.15, 0.2) is 0 Å². The topological polar surface area (TPSA) is 77.8 Å². The molecular weight excluding hydrogens is 338 g/mol. The van der Waals surface area contributed by atoms with Crippen LogP contribution < -0.4 is 0 Å². The van der Waals surface area contributed by atoms with E-state index in [0.29, 0.717) is 23.4 Å². The van der Waals surface area contributed by atoms with Gasteiger partial charge < -0.3 is 15.1 Å². The van der Waals surface area contributed by atoms with Crippen LogP contribution in [0.4, 0.5) is 0 Å². The largest absolute Gasteiger partial charge is 0.507 e. The number of amides is 1. The first-order valence-corrected chi connectivity index (χ1v) is 7.75. The van der Waals surface area contributed by atoms with Crippen LogP contribution in [0.1, 0.15) is 36.5 Å². The van der Waals surface area contributed by atoms with Crippen LogP contribution in [0.25, 0.3) is 0 Å². The number of carbonyl (C=O) groups is 2. The summed E-state index contributed by atoms with van der Waals surface area (Å²) in [5.74, 6) is -1.23. The van der Waals surface area contributed by atoms with E-state index in [2.05, 4.69) is 15.9 Å². The summed E-state index contributed by atoms with van der Waals surface area (Å²) in [5, 5.41) is 19.2. The Morgan fingerprint density at radius 1 is 1.43 bits per heavy atom. The van der Waals surface area contributed by atoms with E-state index >= 15 is 0 Å². The molecule has 0 aliphatic carbocycles. The maximum atomic E-state index is 12.6. The highest BCUT2D eigenvalue weighted by molar-refractivity contribution is 9.10. The first-order chi connectivity index (χ1) is 9.93. The predicted octanol–water partition coefficient (Wildman–Crippen LogP) is 2.87. The maximum absolute atomic E-state index is 12.6. The number of likely N-dealkylation sites (tertiary alicyclic amines) is 1.